The van der Waals surface area contributed by atoms with Gasteiger partial charge in [0.15, 0.2) is 0 Å². The summed E-state index contributed by atoms with van der Waals surface area (Å²) in [5, 5.41) is 9.66. The van der Waals surface area contributed by atoms with E-state index in [1.54, 1.807) is 0 Å². The Morgan fingerprint density at radius 2 is 1.88 bits per heavy atom. The van der Waals surface area contributed by atoms with E-state index in [4.69, 9.17) is 4.74 Å². The van der Waals surface area contributed by atoms with Gasteiger partial charge in [0.1, 0.15) is 11.9 Å². The fourth-order valence-electron chi connectivity index (χ4n) is 1.80. The third-order valence-corrected chi connectivity index (χ3v) is 4.55. The number of ether oxygens (including phenoxy) is 1. The van der Waals surface area contributed by atoms with Crippen LogP contribution in [-0.4, -0.2) is 17.3 Å². The highest BCUT2D eigenvalue weighted by molar-refractivity contribution is 9.11. The molecule has 2 atom stereocenters. The summed E-state index contributed by atoms with van der Waals surface area (Å²) in [6.45, 7) is 4.05. The average Bonchev–Trinajstić information content (AvgIpc) is 2.22. The smallest absolute Gasteiger partial charge is 0.148 e. The third-order valence-electron chi connectivity index (χ3n) is 3.31. The lowest BCUT2D eigenvalue weighted by molar-refractivity contribution is -0.135. The van der Waals surface area contributed by atoms with E-state index in [0.29, 0.717) is 6.42 Å². The molecule has 2 nitrogen and oxygen atoms in total. The largest absolute Gasteiger partial charge is 0.487 e. The molecule has 88 valence electrons. The second-order valence-corrected chi connectivity index (χ2v) is 6.44. The molecule has 1 N–H and O–H groups in total. The van der Waals surface area contributed by atoms with Gasteiger partial charge in [-0.25, -0.2) is 0 Å². The van der Waals surface area contributed by atoms with Crippen molar-refractivity contribution in [3.63, 3.8) is 0 Å². The number of para-hydroxylation sites is 1. The zero-order chi connectivity index (χ0) is 11.9. The Kier molecular flexibility index (Phi) is 3.34. The molecule has 16 heavy (non-hydrogen) atoms. The molecule has 1 aromatic carbocycles. The van der Waals surface area contributed by atoms with Crippen LogP contribution in [0.5, 0.6) is 5.75 Å². The molecular formula is C12H14Br2O2. The predicted molar refractivity (Wildman–Crippen MR) is 70.7 cm³/mol. The van der Waals surface area contributed by atoms with Gasteiger partial charge in [-0.2, -0.15) is 0 Å². The van der Waals surface area contributed by atoms with Crippen LogP contribution in [-0.2, 0) is 0 Å². The topological polar surface area (TPSA) is 29.5 Å². The number of benzene rings is 1. The molecule has 1 fully saturated rings. The van der Waals surface area contributed by atoms with Gasteiger partial charge in [0.25, 0.3) is 0 Å². The Bertz CT molecular complexity index is 384. The number of aliphatic hydroxyl groups excluding tert-OH is 1. The molecule has 1 aromatic rings. The van der Waals surface area contributed by atoms with Crippen molar-refractivity contribution in [2.75, 3.05) is 0 Å². The van der Waals surface area contributed by atoms with Gasteiger partial charge >= 0.3 is 0 Å². The summed E-state index contributed by atoms with van der Waals surface area (Å²) in [5.74, 6) is 0.812. The first-order valence-corrected chi connectivity index (χ1v) is 6.80. The lowest BCUT2D eigenvalue weighted by Crippen LogP contribution is -2.56. The van der Waals surface area contributed by atoms with Gasteiger partial charge in [0, 0.05) is 11.8 Å². The van der Waals surface area contributed by atoms with E-state index in [0.717, 1.165) is 14.7 Å². The lowest BCUT2D eigenvalue weighted by atomic mass is 9.66. The zero-order valence-corrected chi connectivity index (χ0v) is 12.4. The van der Waals surface area contributed by atoms with Gasteiger partial charge in [-0.05, 0) is 44.0 Å². The number of halogens is 2. The van der Waals surface area contributed by atoms with E-state index in [1.165, 1.54) is 0 Å². The van der Waals surface area contributed by atoms with E-state index >= 15 is 0 Å². The van der Waals surface area contributed by atoms with Crippen molar-refractivity contribution in [3.8, 4) is 5.75 Å². The second-order valence-electron chi connectivity index (χ2n) is 4.73. The molecule has 2 rings (SSSR count). The summed E-state index contributed by atoms with van der Waals surface area (Å²) < 4.78 is 7.80. The van der Waals surface area contributed by atoms with Crippen LogP contribution in [0.4, 0.5) is 0 Å². The summed E-state index contributed by atoms with van der Waals surface area (Å²) in [6.07, 6.45) is 0.497. The average molecular weight is 350 g/mol. The van der Waals surface area contributed by atoms with Crippen molar-refractivity contribution in [3.05, 3.63) is 27.1 Å². The summed E-state index contributed by atoms with van der Waals surface area (Å²) in [4.78, 5) is 0. The fraction of sp³-hybridized carbons (Fsp3) is 0.500. The van der Waals surface area contributed by atoms with Crippen LogP contribution in [0.25, 0.3) is 0 Å². The number of hydrogen-bond acceptors (Lipinski definition) is 2. The summed E-state index contributed by atoms with van der Waals surface area (Å²) in [5.41, 5.74) is -0.172. The molecule has 0 amide bonds. The normalized spacial score (nSPS) is 27.3. The van der Waals surface area contributed by atoms with Crippen molar-refractivity contribution in [2.24, 2.45) is 5.41 Å². The summed E-state index contributed by atoms with van der Waals surface area (Å²) in [6, 6.07) is 5.84. The quantitative estimate of drug-likeness (QED) is 0.881. The molecule has 0 spiro atoms. The van der Waals surface area contributed by atoms with E-state index in [-0.39, 0.29) is 17.6 Å². The van der Waals surface area contributed by atoms with E-state index in [1.807, 2.05) is 32.0 Å². The number of hydrogen-bond donors (Lipinski definition) is 1. The molecule has 0 radical (unpaired) electrons. The van der Waals surface area contributed by atoms with Crippen LogP contribution < -0.4 is 4.74 Å². The number of aliphatic hydroxyl groups is 1. The Balaban J connectivity index is 2.17. The van der Waals surface area contributed by atoms with Crippen molar-refractivity contribution in [2.45, 2.75) is 32.5 Å². The van der Waals surface area contributed by atoms with Crippen molar-refractivity contribution in [1.29, 1.82) is 0 Å². The lowest BCUT2D eigenvalue weighted by Gasteiger charge is -2.48. The van der Waals surface area contributed by atoms with Gasteiger partial charge < -0.3 is 9.84 Å². The Labute approximate surface area is 112 Å². The minimum absolute atomic E-state index is 0.0671. The van der Waals surface area contributed by atoms with Crippen LogP contribution in [0.2, 0.25) is 0 Å². The minimum Gasteiger partial charge on any atom is -0.487 e. The van der Waals surface area contributed by atoms with Gasteiger partial charge in [0.05, 0.1) is 15.0 Å². The monoisotopic (exact) mass is 348 g/mol. The highest BCUT2D eigenvalue weighted by Gasteiger charge is 2.49. The molecule has 0 heterocycles. The minimum atomic E-state index is -0.265. The third kappa shape index (κ3) is 2.03. The first-order chi connectivity index (χ1) is 7.43. The van der Waals surface area contributed by atoms with Crippen molar-refractivity contribution in [1.82, 2.24) is 0 Å². The van der Waals surface area contributed by atoms with Gasteiger partial charge in [-0.3, -0.25) is 0 Å². The van der Waals surface area contributed by atoms with Crippen LogP contribution in [0.15, 0.2) is 27.1 Å². The van der Waals surface area contributed by atoms with Crippen LogP contribution in [0, 0.1) is 5.41 Å². The maximum Gasteiger partial charge on any atom is 0.148 e. The second kappa shape index (κ2) is 4.31. The first-order valence-electron chi connectivity index (χ1n) is 5.21. The van der Waals surface area contributed by atoms with E-state index in [2.05, 4.69) is 31.9 Å². The molecular weight excluding hydrogens is 336 g/mol. The number of rotatable bonds is 2. The van der Waals surface area contributed by atoms with Gasteiger partial charge in [-0.1, -0.05) is 19.9 Å². The first kappa shape index (κ1) is 12.4. The predicted octanol–water partition coefficient (Wildman–Crippen LogP) is 3.75. The van der Waals surface area contributed by atoms with E-state index < -0.39 is 0 Å². The maximum atomic E-state index is 9.66. The van der Waals surface area contributed by atoms with Crippen LogP contribution in [0.3, 0.4) is 0 Å². The highest BCUT2D eigenvalue weighted by Crippen LogP contribution is 2.45. The van der Waals surface area contributed by atoms with E-state index in [9.17, 15) is 5.11 Å². The van der Waals surface area contributed by atoms with Gasteiger partial charge in [-0.15, -0.1) is 0 Å². The molecule has 0 saturated heterocycles. The fourth-order valence-corrected chi connectivity index (χ4v) is 2.99. The molecule has 0 aliphatic heterocycles. The maximum absolute atomic E-state index is 9.66. The van der Waals surface area contributed by atoms with Crippen LogP contribution >= 0.6 is 31.9 Å². The molecule has 1 aliphatic carbocycles. The molecule has 4 heteroatoms. The van der Waals surface area contributed by atoms with Crippen LogP contribution in [0.1, 0.15) is 20.3 Å². The van der Waals surface area contributed by atoms with Crippen molar-refractivity contribution < 1.29 is 9.84 Å². The standard InChI is InChI=1S/C12H14Br2O2/c1-12(2)9(15)6-10(12)16-11-7(13)4-3-5-8(11)14/h3-5,9-10,15H,6H2,1-2H3. The molecule has 0 aromatic heterocycles. The Morgan fingerprint density at radius 3 is 2.31 bits per heavy atom. The molecule has 2 unspecified atom stereocenters. The molecule has 1 aliphatic rings. The zero-order valence-electron chi connectivity index (χ0n) is 9.21. The Hall–Kier alpha value is -0.0600. The Morgan fingerprint density at radius 1 is 1.31 bits per heavy atom. The SMILES string of the molecule is CC1(C)C(O)CC1Oc1c(Br)cccc1Br. The molecule has 1 saturated carbocycles. The van der Waals surface area contributed by atoms with Gasteiger partial charge in [0.2, 0.25) is 0 Å². The summed E-state index contributed by atoms with van der Waals surface area (Å²) in [7, 11) is 0. The highest BCUT2D eigenvalue weighted by atomic mass is 79.9. The molecule has 0 bridgehead atoms. The summed E-state index contributed by atoms with van der Waals surface area (Å²) >= 11 is 6.93. The van der Waals surface area contributed by atoms with Crippen molar-refractivity contribution >= 4 is 31.9 Å².